The third-order valence-corrected chi connectivity index (χ3v) is 3.68. The molecule has 0 saturated carbocycles. The van der Waals surface area contributed by atoms with Gasteiger partial charge in [0.15, 0.2) is 11.5 Å². The van der Waals surface area contributed by atoms with Crippen LogP contribution in [0, 0.1) is 0 Å². The van der Waals surface area contributed by atoms with Crippen LogP contribution in [-0.4, -0.2) is 36.6 Å². The van der Waals surface area contributed by atoms with Crippen molar-refractivity contribution in [1.29, 1.82) is 0 Å². The molecule has 1 N–H and O–H groups in total. The summed E-state index contributed by atoms with van der Waals surface area (Å²) >= 11 is 0. The maximum absolute atomic E-state index is 11.9. The standard InChI is InChI=1S/C15H18N2O4/c18-14(9-17-6-2-1-3-15(17)19)16-8-11-4-5-12-13(7-11)21-10-20-12/h4-5,7H,1-3,6,8-10H2,(H,16,18). The van der Waals surface area contributed by atoms with Crippen molar-refractivity contribution < 1.29 is 19.1 Å². The molecule has 0 aliphatic carbocycles. The Labute approximate surface area is 123 Å². The molecule has 112 valence electrons. The Hall–Kier alpha value is -2.24. The second kappa shape index (κ2) is 6.03. The van der Waals surface area contributed by atoms with Crippen molar-refractivity contribution in [2.75, 3.05) is 19.9 Å². The lowest BCUT2D eigenvalue weighted by Gasteiger charge is -2.25. The number of rotatable bonds is 4. The minimum absolute atomic E-state index is 0.0690. The summed E-state index contributed by atoms with van der Waals surface area (Å²) in [5.41, 5.74) is 0.942. The summed E-state index contributed by atoms with van der Waals surface area (Å²) in [6.45, 7) is 1.47. The van der Waals surface area contributed by atoms with Gasteiger partial charge in [0.05, 0.1) is 6.54 Å². The van der Waals surface area contributed by atoms with Gasteiger partial charge >= 0.3 is 0 Å². The summed E-state index contributed by atoms with van der Waals surface area (Å²) in [6, 6.07) is 5.58. The second-order valence-corrected chi connectivity index (χ2v) is 5.24. The van der Waals surface area contributed by atoms with Crippen LogP contribution in [-0.2, 0) is 16.1 Å². The number of ether oxygens (including phenoxy) is 2. The van der Waals surface area contributed by atoms with E-state index in [-0.39, 0.29) is 25.2 Å². The molecule has 6 nitrogen and oxygen atoms in total. The highest BCUT2D eigenvalue weighted by atomic mass is 16.7. The Balaban J connectivity index is 1.50. The number of benzene rings is 1. The lowest BCUT2D eigenvalue weighted by Crippen LogP contribution is -2.42. The van der Waals surface area contributed by atoms with E-state index in [4.69, 9.17) is 9.47 Å². The summed E-state index contributed by atoms with van der Waals surface area (Å²) in [6.07, 6.45) is 2.45. The van der Waals surface area contributed by atoms with Crippen LogP contribution in [0.1, 0.15) is 24.8 Å². The Morgan fingerprint density at radius 1 is 1.24 bits per heavy atom. The zero-order chi connectivity index (χ0) is 14.7. The average molecular weight is 290 g/mol. The molecule has 0 aromatic heterocycles. The average Bonchev–Trinajstić information content (AvgIpc) is 2.95. The van der Waals surface area contributed by atoms with Crippen LogP contribution in [0.25, 0.3) is 0 Å². The molecule has 3 rings (SSSR count). The summed E-state index contributed by atoms with van der Waals surface area (Å²) in [4.78, 5) is 25.2. The highest BCUT2D eigenvalue weighted by Gasteiger charge is 2.20. The fourth-order valence-electron chi connectivity index (χ4n) is 2.51. The van der Waals surface area contributed by atoms with Crippen molar-refractivity contribution >= 4 is 11.8 Å². The molecule has 0 bridgehead atoms. The SMILES string of the molecule is O=C(CN1CCCCC1=O)NCc1ccc2c(c1)OCO2. The molecule has 21 heavy (non-hydrogen) atoms. The van der Waals surface area contributed by atoms with Crippen LogP contribution in [0.5, 0.6) is 11.5 Å². The molecule has 6 heteroatoms. The van der Waals surface area contributed by atoms with E-state index in [1.165, 1.54) is 0 Å². The summed E-state index contributed by atoms with van der Waals surface area (Å²) in [5.74, 6) is 1.36. The second-order valence-electron chi connectivity index (χ2n) is 5.24. The smallest absolute Gasteiger partial charge is 0.239 e. The van der Waals surface area contributed by atoms with Crippen LogP contribution < -0.4 is 14.8 Å². The molecule has 0 spiro atoms. The Kier molecular flexibility index (Phi) is 3.94. The number of hydrogen-bond donors (Lipinski definition) is 1. The molecule has 1 aromatic carbocycles. The maximum atomic E-state index is 11.9. The van der Waals surface area contributed by atoms with E-state index in [0.717, 1.165) is 24.2 Å². The summed E-state index contributed by atoms with van der Waals surface area (Å²) in [7, 11) is 0. The summed E-state index contributed by atoms with van der Waals surface area (Å²) < 4.78 is 10.5. The van der Waals surface area contributed by atoms with Gasteiger partial charge in [-0.25, -0.2) is 0 Å². The number of fused-ring (bicyclic) bond motifs is 1. The minimum atomic E-state index is -0.136. The number of hydrogen-bond acceptors (Lipinski definition) is 4. The lowest BCUT2D eigenvalue weighted by atomic mass is 10.1. The predicted octanol–water partition coefficient (Wildman–Crippen LogP) is 1.04. The Bertz CT molecular complexity index is 559. The molecule has 1 aromatic rings. The van der Waals surface area contributed by atoms with Crippen LogP contribution in [0.3, 0.4) is 0 Å². The third-order valence-electron chi connectivity index (χ3n) is 3.68. The highest BCUT2D eigenvalue weighted by Crippen LogP contribution is 2.32. The predicted molar refractivity (Wildman–Crippen MR) is 74.8 cm³/mol. The number of carbonyl (C=O) groups excluding carboxylic acids is 2. The van der Waals surface area contributed by atoms with Gasteiger partial charge in [0, 0.05) is 19.5 Å². The Morgan fingerprint density at radius 2 is 2.10 bits per heavy atom. The van der Waals surface area contributed by atoms with Crippen molar-refractivity contribution in [2.24, 2.45) is 0 Å². The van der Waals surface area contributed by atoms with Crippen LogP contribution >= 0.6 is 0 Å². The van der Waals surface area contributed by atoms with Crippen molar-refractivity contribution in [3.05, 3.63) is 23.8 Å². The molecule has 2 aliphatic heterocycles. The number of nitrogens with one attached hydrogen (secondary N) is 1. The number of amides is 2. The molecule has 2 aliphatic rings. The van der Waals surface area contributed by atoms with E-state index < -0.39 is 0 Å². The van der Waals surface area contributed by atoms with Gasteiger partial charge in [0.2, 0.25) is 18.6 Å². The first-order chi connectivity index (χ1) is 10.2. The van der Waals surface area contributed by atoms with Crippen molar-refractivity contribution in [3.8, 4) is 11.5 Å². The van der Waals surface area contributed by atoms with Crippen LogP contribution in [0.4, 0.5) is 0 Å². The van der Waals surface area contributed by atoms with E-state index in [9.17, 15) is 9.59 Å². The van der Waals surface area contributed by atoms with Gasteiger partial charge in [-0.05, 0) is 30.5 Å². The first-order valence-electron chi connectivity index (χ1n) is 7.15. The van der Waals surface area contributed by atoms with Gasteiger partial charge < -0.3 is 19.7 Å². The normalized spacial score (nSPS) is 17.0. The quantitative estimate of drug-likeness (QED) is 0.900. The molecule has 1 saturated heterocycles. The zero-order valence-electron chi connectivity index (χ0n) is 11.8. The van der Waals surface area contributed by atoms with Gasteiger partial charge in [-0.1, -0.05) is 6.07 Å². The van der Waals surface area contributed by atoms with Gasteiger partial charge in [0.25, 0.3) is 0 Å². The van der Waals surface area contributed by atoms with Gasteiger partial charge in [-0.3, -0.25) is 9.59 Å². The minimum Gasteiger partial charge on any atom is -0.454 e. The van der Waals surface area contributed by atoms with Gasteiger partial charge in [0.1, 0.15) is 0 Å². The first-order valence-corrected chi connectivity index (χ1v) is 7.15. The fraction of sp³-hybridized carbons (Fsp3) is 0.467. The monoisotopic (exact) mass is 290 g/mol. The van der Waals surface area contributed by atoms with E-state index in [2.05, 4.69) is 5.32 Å². The molecule has 0 radical (unpaired) electrons. The molecule has 2 amide bonds. The number of piperidine rings is 1. The zero-order valence-corrected chi connectivity index (χ0v) is 11.8. The van der Waals surface area contributed by atoms with E-state index in [1.54, 1.807) is 4.90 Å². The van der Waals surface area contributed by atoms with E-state index in [0.29, 0.717) is 25.3 Å². The largest absolute Gasteiger partial charge is 0.454 e. The number of carbonyl (C=O) groups is 2. The van der Waals surface area contributed by atoms with Crippen LogP contribution in [0.2, 0.25) is 0 Å². The first kappa shape index (κ1) is 13.7. The Morgan fingerprint density at radius 3 is 2.95 bits per heavy atom. The topological polar surface area (TPSA) is 67.9 Å². The molecular formula is C15H18N2O4. The van der Waals surface area contributed by atoms with Crippen molar-refractivity contribution in [2.45, 2.75) is 25.8 Å². The van der Waals surface area contributed by atoms with Crippen molar-refractivity contribution in [1.82, 2.24) is 10.2 Å². The van der Waals surface area contributed by atoms with Gasteiger partial charge in [-0.2, -0.15) is 0 Å². The highest BCUT2D eigenvalue weighted by molar-refractivity contribution is 5.85. The molecule has 2 heterocycles. The van der Waals surface area contributed by atoms with E-state index in [1.807, 2.05) is 18.2 Å². The lowest BCUT2D eigenvalue weighted by molar-refractivity contribution is -0.137. The van der Waals surface area contributed by atoms with Crippen LogP contribution in [0.15, 0.2) is 18.2 Å². The number of nitrogens with zero attached hydrogens (tertiary/aromatic N) is 1. The number of likely N-dealkylation sites (tertiary alicyclic amines) is 1. The molecule has 0 unspecified atom stereocenters. The van der Waals surface area contributed by atoms with E-state index >= 15 is 0 Å². The maximum Gasteiger partial charge on any atom is 0.239 e. The fourth-order valence-corrected chi connectivity index (χ4v) is 2.51. The molecule has 1 fully saturated rings. The van der Waals surface area contributed by atoms with Gasteiger partial charge in [-0.15, -0.1) is 0 Å². The third kappa shape index (κ3) is 3.26. The summed E-state index contributed by atoms with van der Waals surface area (Å²) in [5, 5.41) is 2.83. The van der Waals surface area contributed by atoms with Crippen molar-refractivity contribution in [3.63, 3.8) is 0 Å². The molecule has 0 atom stereocenters. The molecular weight excluding hydrogens is 272 g/mol.